The average Bonchev–Trinajstić information content (AvgIpc) is 3.02. The Balaban J connectivity index is 1.56. The van der Waals surface area contributed by atoms with E-state index in [0.29, 0.717) is 28.9 Å². The van der Waals surface area contributed by atoms with Gasteiger partial charge in [-0.05, 0) is 84.0 Å². The van der Waals surface area contributed by atoms with Crippen LogP contribution in [-0.2, 0) is 27.8 Å². The summed E-state index contributed by atoms with van der Waals surface area (Å²) in [6.45, 7) is 4.22. The van der Waals surface area contributed by atoms with Crippen molar-refractivity contribution in [3.63, 3.8) is 0 Å². The number of sulfonamides is 1. The molecule has 2 amide bonds. The van der Waals surface area contributed by atoms with Crippen LogP contribution in [0, 0.1) is 23.1 Å². The molecular formula is C35H33ClFN3O5S. The molecule has 0 heterocycles. The number of halogens is 2. The van der Waals surface area contributed by atoms with E-state index >= 15 is 0 Å². The van der Waals surface area contributed by atoms with E-state index in [2.05, 4.69) is 5.32 Å². The van der Waals surface area contributed by atoms with Crippen LogP contribution in [0.25, 0.3) is 0 Å². The van der Waals surface area contributed by atoms with Gasteiger partial charge in [0, 0.05) is 12.0 Å². The number of amides is 2. The van der Waals surface area contributed by atoms with Gasteiger partial charge in [0.05, 0.1) is 22.7 Å². The highest BCUT2D eigenvalue weighted by Crippen LogP contribution is 2.25. The van der Waals surface area contributed by atoms with E-state index in [4.69, 9.17) is 21.6 Å². The van der Waals surface area contributed by atoms with Crippen molar-refractivity contribution in [2.45, 2.75) is 50.7 Å². The highest BCUT2D eigenvalue weighted by molar-refractivity contribution is 7.90. The Kier molecular flexibility index (Phi) is 11.5. The second-order valence-corrected chi connectivity index (χ2v) is 13.1. The van der Waals surface area contributed by atoms with Gasteiger partial charge in [-0.15, -0.1) is 0 Å². The van der Waals surface area contributed by atoms with Crippen LogP contribution in [-0.4, -0.2) is 20.2 Å². The van der Waals surface area contributed by atoms with Crippen molar-refractivity contribution in [1.29, 1.82) is 5.26 Å². The predicted octanol–water partition coefficient (Wildman–Crippen LogP) is 6.88. The molecule has 238 valence electrons. The maximum Gasteiger partial charge on any atom is 0.265 e. The van der Waals surface area contributed by atoms with Crippen molar-refractivity contribution in [1.82, 2.24) is 10.0 Å². The summed E-state index contributed by atoms with van der Waals surface area (Å²) in [5, 5.41) is 11.9. The van der Waals surface area contributed by atoms with E-state index < -0.39 is 27.9 Å². The maximum atomic E-state index is 13.8. The largest absolute Gasteiger partial charge is 0.489 e. The van der Waals surface area contributed by atoms with Crippen LogP contribution in [0.5, 0.6) is 5.75 Å². The number of nitriles is 1. The van der Waals surface area contributed by atoms with E-state index in [0.717, 1.165) is 11.6 Å². The monoisotopic (exact) mass is 661 g/mol. The van der Waals surface area contributed by atoms with Gasteiger partial charge < -0.3 is 10.1 Å². The highest BCUT2D eigenvalue weighted by atomic mass is 35.5. The third-order valence-corrected chi connectivity index (χ3v) is 8.93. The Bertz CT molecular complexity index is 1840. The van der Waals surface area contributed by atoms with Crippen LogP contribution in [0.4, 0.5) is 4.39 Å². The molecule has 0 saturated heterocycles. The summed E-state index contributed by atoms with van der Waals surface area (Å²) in [5.74, 6) is -0.702. The first-order valence-corrected chi connectivity index (χ1v) is 16.4. The molecule has 4 aromatic carbocycles. The molecular weight excluding hydrogens is 629 g/mol. The van der Waals surface area contributed by atoms with Crippen LogP contribution in [0.2, 0.25) is 5.02 Å². The lowest BCUT2D eigenvalue weighted by atomic mass is 9.95. The topological polar surface area (TPSA) is 125 Å². The lowest BCUT2D eigenvalue weighted by molar-refractivity contribution is -0.119. The Morgan fingerprint density at radius 3 is 2.35 bits per heavy atom. The number of ether oxygens (including phenoxy) is 1. The van der Waals surface area contributed by atoms with E-state index in [1.165, 1.54) is 24.3 Å². The third kappa shape index (κ3) is 9.39. The molecule has 0 aliphatic rings. The Hall–Kier alpha value is -4.72. The molecule has 0 bridgehead atoms. The van der Waals surface area contributed by atoms with Crippen LogP contribution in [0.3, 0.4) is 0 Å². The van der Waals surface area contributed by atoms with Gasteiger partial charge in [0.25, 0.3) is 15.9 Å². The summed E-state index contributed by atoms with van der Waals surface area (Å²) in [5.41, 5.74) is 2.46. The Morgan fingerprint density at radius 2 is 1.70 bits per heavy atom. The van der Waals surface area contributed by atoms with Gasteiger partial charge in [0.15, 0.2) is 0 Å². The van der Waals surface area contributed by atoms with E-state index in [9.17, 15) is 22.4 Å². The quantitative estimate of drug-likeness (QED) is 0.161. The van der Waals surface area contributed by atoms with E-state index in [-0.39, 0.29) is 46.7 Å². The van der Waals surface area contributed by atoms with Crippen molar-refractivity contribution in [3.8, 4) is 11.8 Å². The third-order valence-electron chi connectivity index (χ3n) is 7.07. The molecule has 4 aromatic rings. The van der Waals surface area contributed by atoms with Crippen molar-refractivity contribution in [2.24, 2.45) is 5.92 Å². The zero-order valence-corrected chi connectivity index (χ0v) is 26.9. The van der Waals surface area contributed by atoms with Crippen molar-refractivity contribution < 1.29 is 27.1 Å². The smallest absolute Gasteiger partial charge is 0.265 e. The number of aryl methyl sites for hydroxylation is 1. The second kappa shape index (κ2) is 15.5. The van der Waals surface area contributed by atoms with Gasteiger partial charge in [-0.2, -0.15) is 5.26 Å². The lowest BCUT2D eigenvalue weighted by Crippen LogP contribution is -2.32. The molecule has 0 radical (unpaired) electrons. The van der Waals surface area contributed by atoms with Crippen molar-refractivity contribution in [3.05, 3.63) is 130 Å². The average molecular weight is 662 g/mol. The minimum atomic E-state index is -4.31. The first kappa shape index (κ1) is 34.2. The normalized spacial score (nSPS) is 11.8. The minimum Gasteiger partial charge on any atom is -0.489 e. The molecule has 0 saturated carbocycles. The van der Waals surface area contributed by atoms with Gasteiger partial charge in [-0.25, -0.2) is 17.5 Å². The fourth-order valence-corrected chi connectivity index (χ4v) is 6.36. The SMILES string of the molecule is CC(C)CC(NC(=O)c1cc(COc2ccccc2)ccc1CCC(=O)NS(=O)(=O)c1ccc(C#N)cc1Cl)c1ccc(F)cc1. The first-order valence-electron chi connectivity index (χ1n) is 14.6. The zero-order valence-electron chi connectivity index (χ0n) is 25.3. The van der Waals surface area contributed by atoms with Crippen LogP contribution in [0.1, 0.15) is 65.3 Å². The molecule has 8 nitrogen and oxygen atoms in total. The van der Waals surface area contributed by atoms with Crippen molar-refractivity contribution in [2.75, 3.05) is 0 Å². The lowest BCUT2D eigenvalue weighted by Gasteiger charge is -2.22. The molecule has 4 rings (SSSR count). The van der Waals surface area contributed by atoms with Gasteiger partial charge in [-0.3, -0.25) is 9.59 Å². The molecule has 0 aliphatic heterocycles. The molecule has 0 aromatic heterocycles. The molecule has 46 heavy (non-hydrogen) atoms. The summed E-state index contributed by atoms with van der Waals surface area (Å²) in [6, 6.07) is 25.5. The fourth-order valence-electron chi connectivity index (χ4n) is 4.80. The fraction of sp³-hybridized carbons (Fsp3) is 0.229. The van der Waals surface area contributed by atoms with E-state index in [1.54, 1.807) is 30.3 Å². The van der Waals surface area contributed by atoms with Crippen LogP contribution >= 0.6 is 11.6 Å². The van der Waals surface area contributed by atoms with Gasteiger partial charge in [0.1, 0.15) is 23.1 Å². The molecule has 11 heteroatoms. The molecule has 2 N–H and O–H groups in total. The molecule has 1 atom stereocenters. The number of benzene rings is 4. The maximum absolute atomic E-state index is 13.8. The van der Waals surface area contributed by atoms with Crippen LogP contribution in [0.15, 0.2) is 95.9 Å². The van der Waals surface area contributed by atoms with Gasteiger partial charge in [0.2, 0.25) is 5.91 Å². The number of carbonyl (C=O) groups excluding carboxylic acids is 2. The van der Waals surface area contributed by atoms with Crippen LogP contribution < -0.4 is 14.8 Å². The van der Waals surface area contributed by atoms with Gasteiger partial charge in [-0.1, -0.05) is 67.9 Å². The summed E-state index contributed by atoms with van der Waals surface area (Å²) < 4.78 is 47.2. The molecule has 1 unspecified atom stereocenters. The summed E-state index contributed by atoms with van der Waals surface area (Å²) in [6.07, 6.45) is 0.402. The second-order valence-electron chi connectivity index (χ2n) is 11.1. The number of carbonyl (C=O) groups is 2. The molecule has 0 spiro atoms. The molecule has 0 fully saturated rings. The van der Waals surface area contributed by atoms with E-state index in [1.807, 2.05) is 55.0 Å². The number of rotatable bonds is 13. The summed E-state index contributed by atoms with van der Waals surface area (Å²) in [7, 11) is -4.31. The standard InChI is InChI=1S/C35H33ClFN3O5S/c1-23(2)18-32(27-11-14-28(37)15-12-27)39-35(42)30-19-25(22-45-29-6-4-3-5-7-29)8-10-26(30)13-17-34(41)40-46(43,44)33-16-9-24(21-38)20-31(33)36/h3-12,14-16,19-20,23,32H,13,17-18,22H2,1-2H3,(H,39,42)(H,40,41). The number of nitrogens with zero attached hydrogens (tertiary/aromatic N) is 1. The molecule has 0 aliphatic carbocycles. The van der Waals surface area contributed by atoms with Crippen molar-refractivity contribution >= 4 is 33.4 Å². The minimum absolute atomic E-state index is 0.0520. The Labute approximate surface area is 273 Å². The van der Waals surface area contributed by atoms with Gasteiger partial charge >= 0.3 is 0 Å². The highest BCUT2D eigenvalue weighted by Gasteiger charge is 2.23. The predicted molar refractivity (Wildman–Crippen MR) is 173 cm³/mol. The first-order chi connectivity index (χ1) is 21.9. The number of nitrogens with one attached hydrogen (secondary N) is 2. The number of hydrogen-bond acceptors (Lipinski definition) is 6. The number of hydrogen-bond donors (Lipinski definition) is 2. The Morgan fingerprint density at radius 1 is 0.978 bits per heavy atom. The summed E-state index contributed by atoms with van der Waals surface area (Å²) >= 11 is 6.05. The summed E-state index contributed by atoms with van der Waals surface area (Å²) in [4.78, 5) is 26.3. The number of para-hydroxylation sites is 1. The zero-order chi connectivity index (χ0) is 33.3.